The van der Waals surface area contributed by atoms with Crippen LogP contribution in [0.4, 0.5) is 13.2 Å². The number of hydrogen-bond donors (Lipinski definition) is 3. The first-order valence-corrected chi connectivity index (χ1v) is 11.4. The lowest BCUT2D eigenvalue weighted by Crippen LogP contribution is -2.38. The molecule has 9 nitrogen and oxygen atoms in total. The zero-order chi connectivity index (χ0) is 26.0. The van der Waals surface area contributed by atoms with Crippen molar-refractivity contribution in [2.24, 2.45) is 0 Å². The van der Waals surface area contributed by atoms with Gasteiger partial charge in [-0.25, -0.2) is 19.3 Å². The second kappa shape index (κ2) is 9.96. The Labute approximate surface area is 203 Å². The summed E-state index contributed by atoms with van der Waals surface area (Å²) in [6.07, 6.45) is -1.07. The molecule has 1 amide bonds. The SMILES string of the molecule is Cc1cc(C)n2nc(C(=O)N[C@@H]3CCC[C@H](c4nc5ccccc5[nH]4)C3)cc2n1.O=C(O)C(F)(F)F. The number of amides is 1. The highest BCUT2D eigenvalue weighted by Gasteiger charge is 2.38. The number of hydrogen-bond acceptors (Lipinski definition) is 5. The number of alkyl halides is 3. The number of para-hydroxylation sites is 2. The number of carboxylic acids is 1. The Bertz CT molecular complexity index is 1380. The zero-order valence-corrected chi connectivity index (χ0v) is 19.6. The van der Waals surface area contributed by atoms with Gasteiger partial charge in [0, 0.05) is 29.4 Å². The van der Waals surface area contributed by atoms with Gasteiger partial charge < -0.3 is 15.4 Å². The lowest BCUT2D eigenvalue weighted by atomic mass is 9.85. The van der Waals surface area contributed by atoms with Crippen LogP contribution in [0, 0.1) is 13.8 Å². The zero-order valence-electron chi connectivity index (χ0n) is 19.6. The molecule has 1 fully saturated rings. The minimum absolute atomic E-state index is 0.120. The third kappa shape index (κ3) is 5.64. The van der Waals surface area contributed by atoms with E-state index in [-0.39, 0.29) is 11.9 Å². The Hall–Kier alpha value is -3.96. The number of aromatic amines is 1. The van der Waals surface area contributed by atoms with E-state index in [4.69, 9.17) is 14.9 Å². The van der Waals surface area contributed by atoms with E-state index in [1.54, 1.807) is 10.6 Å². The molecule has 1 saturated carbocycles. The Morgan fingerprint density at radius 1 is 1.14 bits per heavy atom. The third-order valence-electron chi connectivity index (χ3n) is 6.01. The molecule has 3 N–H and O–H groups in total. The van der Waals surface area contributed by atoms with Crippen molar-refractivity contribution in [2.75, 3.05) is 0 Å². The standard InChI is InChI=1S/C22H24N6O.C2HF3O2/c1-13-10-14(2)28-20(23-13)12-19(27-28)22(29)24-16-7-5-6-15(11-16)21-25-17-8-3-4-9-18(17)26-21;3-2(4,5)1(6)7/h3-4,8-10,12,15-16H,5-7,11H2,1-2H3,(H,24,29)(H,25,26);(H,6,7)/t15-,16+;/m0./s1. The highest BCUT2D eigenvalue weighted by Crippen LogP contribution is 2.32. The van der Waals surface area contributed by atoms with E-state index in [2.05, 4.69) is 26.4 Å². The Morgan fingerprint density at radius 3 is 2.56 bits per heavy atom. The van der Waals surface area contributed by atoms with E-state index in [0.717, 1.165) is 53.9 Å². The van der Waals surface area contributed by atoms with E-state index in [1.807, 2.05) is 38.1 Å². The molecule has 0 aliphatic heterocycles. The average Bonchev–Trinajstić information content (AvgIpc) is 3.44. The Morgan fingerprint density at radius 2 is 1.86 bits per heavy atom. The fraction of sp³-hybridized carbons (Fsp3) is 0.375. The summed E-state index contributed by atoms with van der Waals surface area (Å²) in [6.45, 7) is 3.91. The summed E-state index contributed by atoms with van der Waals surface area (Å²) in [5.74, 6) is -1.54. The summed E-state index contributed by atoms with van der Waals surface area (Å²) >= 11 is 0. The molecule has 1 aliphatic carbocycles. The summed E-state index contributed by atoms with van der Waals surface area (Å²) in [5.41, 5.74) is 5.07. The molecule has 5 rings (SSSR count). The molecular formula is C24H25F3N6O3. The molecule has 3 aromatic heterocycles. The first kappa shape index (κ1) is 25.1. The maximum absolute atomic E-state index is 12.8. The van der Waals surface area contributed by atoms with Gasteiger partial charge in [0.05, 0.1) is 11.0 Å². The van der Waals surface area contributed by atoms with Crippen molar-refractivity contribution in [2.45, 2.75) is 57.7 Å². The number of fused-ring (bicyclic) bond motifs is 2. The minimum atomic E-state index is -5.08. The summed E-state index contributed by atoms with van der Waals surface area (Å²) in [5, 5.41) is 14.8. The Balaban J connectivity index is 0.000000384. The number of rotatable bonds is 3. The molecule has 1 aliphatic rings. The highest BCUT2D eigenvalue weighted by atomic mass is 19.4. The fourth-order valence-corrected chi connectivity index (χ4v) is 4.39. The lowest BCUT2D eigenvalue weighted by molar-refractivity contribution is -0.192. The quantitative estimate of drug-likeness (QED) is 0.383. The number of carboxylic acid groups (broad SMARTS) is 1. The van der Waals surface area contributed by atoms with Crippen molar-refractivity contribution >= 4 is 28.6 Å². The molecule has 190 valence electrons. The molecule has 2 atom stereocenters. The molecule has 0 saturated heterocycles. The van der Waals surface area contributed by atoms with Crippen molar-refractivity contribution in [1.29, 1.82) is 0 Å². The maximum Gasteiger partial charge on any atom is 0.490 e. The van der Waals surface area contributed by atoms with Gasteiger partial charge in [0.15, 0.2) is 11.3 Å². The van der Waals surface area contributed by atoms with E-state index < -0.39 is 12.1 Å². The van der Waals surface area contributed by atoms with Crippen LogP contribution in [0.3, 0.4) is 0 Å². The number of nitrogens with one attached hydrogen (secondary N) is 2. The monoisotopic (exact) mass is 502 g/mol. The van der Waals surface area contributed by atoms with Crippen LogP contribution in [0.1, 0.15) is 59.3 Å². The van der Waals surface area contributed by atoms with Crippen molar-refractivity contribution < 1.29 is 27.9 Å². The molecule has 3 heterocycles. The molecule has 12 heteroatoms. The van der Waals surface area contributed by atoms with Crippen LogP contribution < -0.4 is 5.32 Å². The second-order valence-electron chi connectivity index (χ2n) is 8.81. The van der Waals surface area contributed by atoms with Gasteiger partial charge in [0.2, 0.25) is 0 Å². The predicted octanol–water partition coefficient (Wildman–Crippen LogP) is 4.31. The van der Waals surface area contributed by atoms with Crippen molar-refractivity contribution in [3.63, 3.8) is 0 Å². The Kier molecular flexibility index (Phi) is 6.95. The average molecular weight is 502 g/mol. The van der Waals surface area contributed by atoms with Gasteiger partial charge in [-0.1, -0.05) is 18.6 Å². The normalized spacial score (nSPS) is 18.0. The molecule has 0 spiro atoms. The van der Waals surface area contributed by atoms with E-state index >= 15 is 0 Å². The van der Waals surface area contributed by atoms with Crippen LogP contribution in [-0.4, -0.2) is 53.8 Å². The number of carbonyl (C=O) groups is 2. The number of halogens is 3. The first-order valence-electron chi connectivity index (χ1n) is 11.4. The smallest absolute Gasteiger partial charge is 0.475 e. The lowest BCUT2D eigenvalue weighted by Gasteiger charge is -2.28. The number of aliphatic carboxylic acids is 1. The highest BCUT2D eigenvalue weighted by molar-refractivity contribution is 5.93. The van der Waals surface area contributed by atoms with Gasteiger partial charge in [-0.3, -0.25) is 4.79 Å². The summed E-state index contributed by atoms with van der Waals surface area (Å²) < 4.78 is 33.5. The van der Waals surface area contributed by atoms with Gasteiger partial charge in [-0.15, -0.1) is 0 Å². The van der Waals surface area contributed by atoms with E-state index in [9.17, 15) is 18.0 Å². The number of benzene rings is 1. The summed E-state index contributed by atoms with van der Waals surface area (Å²) in [6, 6.07) is 11.9. The number of carbonyl (C=O) groups excluding carboxylic acids is 1. The van der Waals surface area contributed by atoms with E-state index in [1.165, 1.54) is 0 Å². The molecule has 4 aromatic rings. The van der Waals surface area contributed by atoms with Crippen LogP contribution in [0.5, 0.6) is 0 Å². The maximum atomic E-state index is 12.8. The topological polar surface area (TPSA) is 125 Å². The van der Waals surface area contributed by atoms with Gasteiger partial charge in [0.1, 0.15) is 5.82 Å². The molecule has 1 aromatic carbocycles. The first-order chi connectivity index (χ1) is 17.0. The van der Waals surface area contributed by atoms with Crippen molar-refractivity contribution in [3.05, 3.63) is 59.3 Å². The van der Waals surface area contributed by atoms with Gasteiger partial charge in [0.25, 0.3) is 5.91 Å². The number of imidazole rings is 1. The van der Waals surface area contributed by atoms with Crippen LogP contribution in [-0.2, 0) is 4.79 Å². The minimum Gasteiger partial charge on any atom is -0.475 e. The van der Waals surface area contributed by atoms with Crippen LogP contribution in [0.25, 0.3) is 16.7 Å². The number of nitrogens with zero attached hydrogens (tertiary/aromatic N) is 4. The fourth-order valence-electron chi connectivity index (χ4n) is 4.39. The van der Waals surface area contributed by atoms with Gasteiger partial charge in [-0.2, -0.15) is 18.3 Å². The molecule has 0 unspecified atom stereocenters. The van der Waals surface area contributed by atoms with Crippen LogP contribution >= 0.6 is 0 Å². The molecule has 36 heavy (non-hydrogen) atoms. The summed E-state index contributed by atoms with van der Waals surface area (Å²) in [7, 11) is 0. The third-order valence-corrected chi connectivity index (χ3v) is 6.01. The second-order valence-corrected chi connectivity index (χ2v) is 8.81. The molecular weight excluding hydrogens is 477 g/mol. The number of aromatic nitrogens is 5. The predicted molar refractivity (Wildman–Crippen MR) is 125 cm³/mol. The van der Waals surface area contributed by atoms with Gasteiger partial charge in [-0.05, 0) is 51.3 Å². The van der Waals surface area contributed by atoms with Gasteiger partial charge >= 0.3 is 12.1 Å². The summed E-state index contributed by atoms with van der Waals surface area (Å²) in [4.78, 5) is 34.4. The number of H-pyrrole nitrogens is 1. The van der Waals surface area contributed by atoms with Crippen molar-refractivity contribution in [1.82, 2.24) is 29.9 Å². The van der Waals surface area contributed by atoms with E-state index in [0.29, 0.717) is 17.3 Å². The van der Waals surface area contributed by atoms with Crippen LogP contribution in [0.2, 0.25) is 0 Å². The van der Waals surface area contributed by atoms with Crippen molar-refractivity contribution in [3.8, 4) is 0 Å². The van der Waals surface area contributed by atoms with Crippen LogP contribution in [0.15, 0.2) is 36.4 Å². The molecule has 0 radical (unpaired) electrons. The largest absolute Gasteiger partial charge is 0.490 e. The number of aryl methyl sites for hydroxylation is 2. The molecule has 0 bridgehead atoms.